The quantitative estimate of drug-likeness (QED) is 0.836. The fourth-order valence-corrected chi connectivity index (χ4v) is 2.38. The number of hydrogen-bond donors (Lipinski definition) is 2. The summed E-state index contributed by atoms with van der Waals surface area (Å²) >= 11 is 0. The minimum atomic E-state index is -1.11. The van der Waals surface area contributed by atoms with Gasteiger partial charge >= 0.3 is 5.97 Å². The van der Waals surface area contributed by atoms with Gasteiger partial charge in [-0.25, -0.2) is 4.79 Å². The van der Waals surface area contributed by atoms with Crippen LogP contribution in [-0.2, 0) is 20.8 Å². The van der Waals surface area contributed by atoms with Crippen molar-refractivity contribution in [3.05, 3.63) is 34.9 Å². The molecule has 0 spiro atoms. The Morgan fingerprint density at radius 1 is 1.38 bits per heavy atom. The van der Waals surface area contributed by atoms with Crippen LogP contribution in [0, 0.1) is 13.8 Å². The van der Waals surface area contributed by atoms with Gasteiger partial charge in [0.1, 0.15) is 12.6 Å². The van der Waals surface area contributed by atoms with Crippen LogP contribution in [0.3, 0.4) is 0 Å². The molecule has 6 heteroatoms. The molecule has 0 bridgehead atoms. The lowest BCUT2D eigenvalue weighted by Crippen LogP contribution is -2.59. The smallest absolute Gasteiger partial charge is 0.328 e. The molecule has 0 saturated carbocycles. The number of benzene rings is 1. The van der Waals surface area contributed by atoms with E-state index in [-0.39, 0.29) is 31.3 Å². The summed E-state index contributed by atoms with van der Waals surface area (Å²) in [5.41, 5.74) is 2.87. The first-order valence-corrected chi connectivity index (χ1v) is 6.73. The van der Waals surface area contributed by atoms with E-state index in [4.69, 9.17) is 5.11 Å². The molecule has 21 heavy (non-hydrogen) atoms. The number of rotatable bonds is 3. The number of amides is 2. The Morgan fingerprint density at radius 3 is 2.76 bits per heavy atom. The average Bonchev–Trinajstić information content (AvgIpc) is 2.42. The third-order valence-electron chi connectivity index (χ3n) is 3.63. The van der Waals surface area contributed by atoms with E-state index in [1.54, 1.807) is 0 Å². The Kier molecular flexibility index (Phi) is 4.26. The summed E-state index contributed by atoms with van der Waals surface area (Å²) in [6, 6.07) is 4.79. The first-order valence-electron chi connectivity index (χ1n) is 6.73. The highest BCUT2D eigenvalue weighted by atomic mass is 16.4. The number of carbonyl (C=O) groups excluding carboxylic acids is 2. The zero-order chi connectivity index (χ0) is 15.6. The monoisotopic (exact) mass is 290 g/mol. The van der Waals surface area contributed by atoms with Crippen LogP contribution in [0.4, 0.5) is 0 Å². The molecule has 1 fully saturated rings. The second-order valence-electron chi connectivity index (χ2n) is 5.29. The lowest BCUT2D eigenvalue weighted by Gasteiger charge is -2.32. The summed E-state index contributed by atoms with van der Waals surface area (Å²) in [5.74, 6) is -1.78. The molecular formula is C15H18N2O4. The summed E-state index contributed by atoms with van der Waals surface area (Å²) in [7, 11) is 0. The molecule has 1 aromatic carbocycles. The molecule has 1 atom stereocenters. The second kappa shape index (κ2) is 5.95. The van der Waals surface area contributed by atoms with Crippen molar-refractivity contribution >= 4 is 17.8 Å². The maximum Gasteiger partial charge on any atom is 0.328 e. The number of aryl methyl sites for hydroxylation is 2. The summed E-state index contributed by atoms with van der Waals surface area (Å²) in [5, 5.41) is 11.6. The van der Waals surface area contributed by atoms with E-state index in [9.17, 15) is 14.4 Å². The predicted molar refractivity (Wildman–Crippen MR) is 75.8 cm³/mol. The van der Waals surface area contributed by atoms with E-state index >= 15 is 0 Å². The number of hydrogen-bond acceptors (Lipinski definition) is 3. The standard InChI is InChI=1S/C15H18N2O4/c1-9-3-4-10(2)11(5-9)6-14(19)17-8-13(18)16-7-12(17)15(20)21/h3-5,12H,6-8H2,1-2H3,(H,16,18)(H,20,21). The van der Waals surface area contributed by atoms with E-state index < -0.39 is 12.0 Å². The van der Waals surface area contributed by atoms with E-state index in [0.29, 0.717) is 0 Å². The highest BCUT2D eigenvalue weighted by Crippen LogP contribution is 2.14. The average molecular weight is 290 g/mol. The lowest BCUT2D eigenvalue weighted by molar-refractivity contribution is -0.153. The number of carboxylic acids is 1. The Labute approximate surface area is 122 Å². The molecule has 112 valence electrons. The van der Waals surface area contributed by atoms with Crippen LogP contribution in [0.1, 0.15) is 16.7 Å². The Morgan fingerprint density at radius 2 is 2.10 bits per heavy atom. The zero-order valence-corrected chi connectivity index (χ0v) is 12.0. The van der Waals surface area contributed by atoms with Crippen LogP contribution < -0.4 is 5.32 Å². The van der Waals surface area contributed by atoms with E-state index in [1.165, 1.54) is 0 Å². The van der Waals surface area contributed by atoms with Crippen LogP contribution in [0.5, 0.6) is 0 Å². The van der Waals surface area contributed by atoms with Gasteiger partial charge < -0.3 is 15.3 Å². The molecule has 1 saturated heterocycles. The van der Waals surface area contributed by atoms with E-state index in [1.807, 2.05) is 32.0 Å². The number of nitrogens with one attached hydrogen (secondary N) is 1. The number of nitrogens with zero attached hydrogens (tertiary/aromatic N) is 1. The molecule has 0 aliphatic carbocycles. The van der Waals surface area contributed by atoms with Gasteiger partial charge in [-0.1, -0.05) is 23.8 Å². The van der Waals surface area contributed by atoms with E-state index in [2.05, 4.69) is 5.32 Å². The fourth-order valence-electron chi connectivity index (χ4n) is 2.38. The molecule has 2 N–H and O–H groups in total. The van der Waals surface area contributed by atoms with Crippen LogP contribution >= 0.6 is 0 Å². The summed E-state index contributed by atoms with van der Waals surface area (Å²) < 4.78 is 0. The highest BCUT2D eigenvalue weighted by molar-refractivity contribution is 5.92. The van der Waals surface area contributed by atoms with Crippen LogP contribution in [0.25, 0.3) is 0 Å². The molecule has 1 heterocycles. The Hall–Kier alpha value is -2.37. The van der Waals surface area contributed by atoms with Gasteiger partial charge in [-0.15, -0.1) is 0 Å². The highest BCUT2D eigenvalue weighted by Gasteiger charge is 2.35. The molecule has 1 aromatic rings. The SMILES string of the molecule is Cc1ccc(C)c(CC(=O)N2CC(=O)NCC2C(=O)O)c1. The number of aliphatic carboxylic acids is 1. The molecule has 6 nitrogen and oxygen atoms in total. The zero-order valence-electron chi connectivity index (χ0n) is 12.0. The maximum absolute atomic E-state index is 12.4. The van der Waals surface area contributed by atoms with Crippen LogP contribution in [-0.4, -0.2) is 46.9 Å². The van der Waals surface area contributed by atoms with Gasteiger partial charge in [-0.05, 0) is 25.0 Å². The first kappa shape index (κ1) is 15.0. The van der Waals surface area contributed by atoms with Crippen molar-refractivity contribution in [3.8, 4) is 0 Å². The Balaban J connectivity index is 2.19. The largest absolute Gasteiger partial charge is 0.480 e. The van der Waals surface area contributed by atoms with Crippen molar-refractivity contribution in [1.82, 2.24) is 10.2 Å². The third kappa shape index (κ3) is 3.39. The van der Waals surface area contributed by atoms with E-state index in [0.717, 1.165) is 21.6 Å². The van der Waals surface area contributed by atoms with Crippen LogP contribution in [0.2, 0.25) is 0 Å². The number of piperazine rings is 1. The molecule has 0 radical (unpaired) electrons. The van der Waals surface area contributed by atoms with Crippen molar-refractivity contribution < 1.29 is 19.5 Å². The van der Waals surface area contributed by atoms with Crippen molar-refractivity contribution in [3.63, 3.8) is 0 Å². The molecule has 1 unspecified atom stereocenters. The minimum Gasteiger partial charge on any atom is -0.480 e. The van der Waals surface area contributed by atoms with Gasteiger partial charge in [-0.2, -0.15) is 0 Å². The van der Waals surface area contributed by atoms with Gasteiger partial charge in [0.2, 0.25) is 11.8 Å². The third-order valence-corrected chi connectivity index (χ3v) is 3.63. The molecular weight excluding hydrogens is 272 g/mol. The lowest BCUT2D eigenvalue weighted by atomic mass is 10.0. The molecule has 1 aliphatic heterocycles. The van der Waals surface area contributed by atoms with Crippen molar-refractivity contribution in [1.29, 1.82) is 0 Å². The number of carboxylic acid groups (broad SMARTS) is 1. The van der Waals surface area contributed by atoms with Gasteiger partial charge in [0, 0.05) is 6.54 Å². The van der Waals surface area contributed by atoms with Crippen molar-refractivity contribution in [2.24, 2.45) is 0 Å². The van der Waals surface area contributed by atoms with Gasteiger partial charge in [-0.3, -0.25) is 9.59 Å². The second-order valence-corrected chi connectivity index (χ2v) is 5.29. The van der Waals surface area contributed by atoms with Gasteiger partial charge in [0.25, 0.3) is 0 Å². The summed E-state index contributed by atoms with van der Waals surface area (Å²) in [6.45, 7) is 3.58. The van der Waals surface area contributed by atoms with Crippen molar-refractivity contribution in [2.75, 3.05) is 13.1 Å². The minimum absolute atomic E-state index is 0.0489. The topological polar surface area (TPSA) is 86.7 Å². The molecule has 2 amide bonds. The first-order chi connectivity index (χ1) is 9.88. The Bertz CT molecular complexity index is 597. The molecule has 0 aromatic heterocycles. The van der Waals surface area contributed by atoms with Crippen molar-refractivity contribution in [2.45, 2.75) is 26.3 Å². The fraction of sp³-hybridized carbons (Fsp3) is 0.400. The maximum atomic E-state index is 12.4. The van der Waals surface area contributed by atoms with Gasteiger partial charge in [0.05, 0.1) is 6.42 Å². The summed E-state index contributed by atoms with van der Waals surface area (Å²) in [6.07, 6.45) is 0.102. The normalized spacial score (nSPS) is 18.3. The number of carbonyl (C=O) groups is 3. The summed E-state index contributed by atoms with van der Waals surface area (Å²) in [4.78, 5) is 36.1. The molecule has 2 rings (SSSR count). The van der Waals surface area contributed by atoms with Gasteiger partial charge in [0.15, 0.2) is 0 Å². The predicted octanol–water partition coefficient (Wildman–Crippen LogP) is 0.258. The van der Waals surface area contributed by atoms with Crippen LogP contribution in [0.15, 0.2) is 18.2 Å². The molecule has 1 aliphatic rings.